The molecule has 0 aliphatic heterocycles. The number of allylic oxidation sites excluding steroid dienone is 4. The van der Waals surface area contributed by atoms with Crippen molar-refractivity contribution >= 4 is 33.2 Å². The summed E-state index contributed by atoms with van der Waals surface area (Å²) in [5.41, 5.74) is 0.0942. The molecule has 0 spiro atoms. The number of rotatable bonds is 2. The van der Waals surface area contributed by atoms with Crippen LogP contribution < -0.4 is 0 Å². The minimum Gasteiger partial charge on any atom is -0.290 e. The summed E-state index contributed by atoms with van der Waals surface area (Å²) in [6, 6.07) is 0. The molecule has 1 aliphatic carbocycles. The standard InChI is InChI=1S/C7H6ClNO4S/c1-14(11,12)13-9-7-3-2-5(10)4-6(7)8/h2-4H,1H3/b9-7+. The molecule has 0 aromatic carbocycles. The molecule has 0 saturated carbocycles. The van der Waals surface area contributed by atoms with Gasteiger partial charge < -0.3 is 0 Å². The first-order chi connectivity index (χ1) is 6.38. The second-order valence-electron chi connectivity index (χ2n) is 2.48. The van der Waals surface area contributed by atoms with Crippen molar-refractivity contribution in [3.05, 3.63) is 23.3 Å². The van der Waals surface area contributed by atoms with Crippen molar-refractivity contribution < 1.29 is 17.5 Å². The van der Waals surface area contributed by atoms with Crippen molar-refractivity contribution in [1.29, 1.82) is 0 Å². The molecule has 1 aliphatic rings. The zero-order chi connectivity index (χ0) is 10.8. The van der Waals surface area contributed by atoms with E-state index in [4.69, 9.17) is 11.6 Å². The highest BCUT2D eigenvalue weighted by Gasteiger charge is 2.11. The average Bonchev–Trinajstić information content (AvgIpc) is 2.00. The third-order valence-electron chi connectivity index (χ3n) is 1.19. The number of hydrogen-bond donors (Lipinski definition) is 0. The lowest BCUT2D eigenvalue weighted by Gasteiger charge is -2.02. The van der Waals surface area contributed by atoms with Crippen LogP contribution in [0.2, 0.25) is 0 Å². The van der Waals surface area contributed by atoms with E-state index in [1.165, 1.54) is 12.2 Å². The molecular weight excluding hydrogens is 230 g/mol. The van der Waals surface area contributed by atoms with Crippen LogP contribution >= 0.6 is 11.6 Å². The number of halogens is 1. The number of ketones is 1. The lowest BCUT2D eigenvalue weighted by molar-refractivity contribution is -0.110. The molecule has 0 N–H and O–H groups in total. The lowest BCUT2D eigenvalue weighted by atomic mass is 10.2. The summed E-state index contributed by atoms with van der Waals surface area (Å²) in [5, 5.41) is 3.30. The first-order valence-electron chi connectivity index (χ1n) is 3.45. The monoisotopic (exact) mass is 235 g/mol. The third kappa shape index (κ3) is 3.31. The maximum Gasteiger partial charge on any atom is 0.325 e. The molecule has 0 radical (unpaired) electrons. The van der Waals surface area contributed by atoms with E-state index in [9.17, 15) is 13.2 Å². The van der Waals surface area contributed by atoms with Gasteiger partial charge in [-0.3, -0.25) is 9.08 Å². The number of hydrogen-bond acceptors (Lipinski definition) is 5. The summed E-state index contributed by atoms with van der Waals surface area (Å²) in [5.74, 6) is -0.284. The molecular formula is C7H6ClNO4S. The fourth-order valence-corrected chi connectivity index (χ4v) is 1.09. The van der Waals surface area contributed by atoms with E-state index in [2.05, 4.69) is 9.44 Å². The van der Waals surface area contributed by atoms with Gasteiger partial charge in [0.2, 0.25) is 0 Å². The van der Waals surface area contributed by atoms with Crippen LogP contribution in [0.1, 0.15) is 0 Å². The molecule has 0 unspecified atom stereocenters. The van der Waals surface area contributed by atoms with Gasteiger partial charge in [-0.05, 0) is 12.2 Å². The molecule has 0 atom stereocenters. The minimum absolute atomic E-state index is 0.0427. The molecule has 0 fully saturated rings. The summed E-state index contributed by atoms with van der Waals surface area (Å²) < 4.78 is 25.3. The van der Waals surface area contributed by atoms with Gasteiger partial charge in [0.1, 0.15) is 5.71 Å². The van der Waals surface area contributed by atoms with Crippen molar-refractivity contribution in [3.8, 4) is 0 Å². The predicted molar refractivity (Wildman–Crippen MR) is 51.4 cm³/mol. The molecule has 76 valence electrons. The second-order valence-corrected chi connectivity index (χ2v) is 4.45. The molecule has 0 aromatic heterocycles. The molecule has 0 saturated heterocycles. The first kappa shape index (κ1) is 10.9. The van der Waals surface area contributed by atoms with E-state index in [0.29, 0.717) is 0 Å². The number of nitrogens with zero attached hydrogens (tertiary/aromatic N) is 1. The van der Waals surface area contributed by atoms with Crippen molar-refractivity contribution in [3.63, 3.8) is 0 Å². The summed E-state index contributed by atoms with van der Waals surface area (Å²) in [4.78, 5) is 10.8. The van der Waals surface area contributed by atoms with E-state index >= 15 is 0 Å². The Morgan fingerprint density at radius 2 is 2.07 bits per heavy atom. The lowest BCUT2D eigenvalue weighted by Crippen LogP contribution is -2.06. The van der Waals surface area contributed by atoms with Crippen molar-refractivity contribution in [2.45, 2.75) is 0 Å². The number of carbonyl (C=O) groups is 1. The zero-order valence-corrected chi connectivity index (χ0v) is 8.67. The Hall–Kier alpha value is -1.14. The van der Waals surface area contributed by atoms with Crippen molar-refractivity contribution in [2.75, 3.05) is 6.26 Å². The molecule has 14 heavy (non-hydrogen) atoms. The topological polar surface area (TPSA) is 72.8 Å². The van der Waals surface area contributed by atoms with Crippen molar-refractivity contribution in [1.82, 2.24) is 0 Å². The third-order valence-corrected chi connectivity index (χ3v) is 1.84. The van der Waals surface area contributed by atoms with Crippen LogP contribution in [0, 0.1) is 0 Å². The minimum atomic E-state index is -3.65. The SMILES string of the molecule is CS(=O)(=O)O/N=C1\C=CC(=O)C=C1Cl. The Bertz CT molecular complexity index is 446. The number of oxime groups is 1. The highest BCUT2D eigenvalue weighted by atomic mass is 35.5. The van der Waals surface area contributed by atoms with Gasteiger partial charge in [0, 0.05) is 6.08 Å². The molecule has 1 rings (SSSR count). The van der Waals surface area contributed by atoms with Crippen LogP contribution in [0.5, 0.6) is 0 Å². The highest BCUT2D eigenvalue weighted by Crippen LogP contribution is 2.11. The van der Waals surface area contributed by atoms with Crippen LogP contribution in [-0.4, -0.2) is 26.2 Å². The van der Waals surface area contributed by atoms with Gasteiger partial charge in [0.05, 0.1) is 11.3 Å². The van der Waals surface area contributed by atoms with Crippen LogP contribution in [0.25, 0.3) is 0 Å². The van der Waals surface area contributed by atoms with Crippen LogP contribution in [0.15, 0.2) is 28.4 Å². The first-order valence-corrected chi connectivity index (χ1v) is 5.64. The Kier molecular flexibility index (Phi) is 3.07. The van der Waals surface area contributed by atoms with Crippen LogP contribution in [-0.2, 0) is 19.2 Å². The van der Waals surface area contributed by atoms with Crippen LogP contribution in [0.3, 0.4) is 0 Å². The summed E-state index contributed by atoms with van der Waals surface area (Å²) >= 11 is 5.59. The van der Waals surface area contributed by atoms with Gasteiger partial charge in [-0.15, -0.1) is 0 Å². The van der Waals surface area contributed by atoms with E-state index < -0.39 is 10.1 Å². The molecule has 7 heteroatoms. The van der Waals surface area contributed by atoms with Gasteiger partial charge in [0.25, 0.3) is 0 Å². The fraction of sp³-hybridized carbons (Fsp3) is 0.143. The maximum absolute atomic E-state index is 10.8. The smallest absolute Gasteiger partial charge is 0.290 e. The normalized spacial score (nSPS) is 19.7. The highest BCUT2D eigenvalue weighted by molar-refractivity contribution is 7.85. The van der Waals surface area contributed by atoms with E-state index in [1.807, 2.05) is 0 Å². The Balaban J connectivity index is 2.86. The van der Waals surface area contributed by atoms with Crippen LogP contribution in [0.4, 0.5) is 0 Å². The van der Waals surface area contributed by atoms with Gasteiger partial charge in [-0.1, -0.05) is 16.8 Å². The largest absolute Gasteiger partial charge is 0.325 e. The van der Waals surface area contributed by atoms with Gasteiger partial charge >= 0.3 is 10.1 Å². The van der Waals surface area contributed by atoms with Crippen molar-refractivity contribution in [2.24, 2.45) is 5.16 Å². The van der Waals surface area contributed by atoms with Gasteiger partial charge in [0.15, 0.2) is 5.78 Å². The summed E-state index contributed by atoms with van der Waals surface area (Å²) in [6.45, 7) is 0. The van der Waals surface area contributed by atoms with Gasteiger partial charge in [-0.2, -0.15) is 8.42 Å². The molecule has 0 aromatic rings. The molecule has 5 nitrogen and oxygen atoms in total. The van der Waals surface area contributed by atoms with E-state index in [-0.39, 0.29) is 16.5 Å². The fourth-order valence-electron chi connectivity index (χ4n) is 0.670. The Morgan fingerprint density at radius 1 is 1.43 bits per heavy atom. The van der Waals surface area contributed by atoms with E-state index in [1.54, 1.807) is 0 Å². The maximum atomic E-state index is 10.8. The predicted octanol–water partition coefficient (Wildman–Crippen LogP) is 0.580. The molecule has 0 heterocycles. The Morgan fingerprint density at radius 3 is 2.57 bits per heavy atom. The summed E-state index contributed by atoms with van der Waals surface area (Å²) in [6.07, 6.45) is 4.45. The summed E-state index contributed by atoms with van der Waals surface area (Å²) in [7, 11) is -3.65. The molecule has 0 bridgehead atoms. The zero-order valence-electron chi connectivity index (χ0n) is 7.10. The van der Waals surface area contributed by atoms with Gasteiger partial charge in [-0.25, -0.2) is 0 Å². The number of carbonyl (C=O) groups excluding carboxylic acids is 1. The molecule has 0 amide bonds. The quantitative estimate of drug-likeness (QED) is 0.518. The average molecular weight is 236 g/mol. The second kappa shape index (κ2) is 3.93. The van der Waals surface area contributed by atoms with E-state index in [0.717, 1.165) is 12.3 Å². The Labute approximate surface area is 85.8 Å².